The molecule has 1 aromatic rings. The van der Waals surface area contributed by atoms with E-state index in [0.29, 0.717) is 5.92 Å². The Morgan fingerprint density at radius 3 is 2.59 bits per heavy atom. The predicted octanol–water partition coefficient (Wildman–Crippen LogP) is 3.06. The number of halogens is 1. The standard InChI is InChI=1S/C17H25BrN2O2/c1-3-19-12-14-8-10-20(11-9-14)17(21)13(2)22-16-6-4-15(18)5-7-16/h4-7,13-14,19H,3,8-12H2,1-2H3. The lowest BCUT2D eigenvalue weighted by atomic mass is 9.96. The number of amides is 1. The zero-order valence-corrected chi connectivity index (χ0v) is 14.9. The monoisotopic (exact) mass is 368 g/mol. The van der Waals surface area contributed by atoms with E-state index in [1.807, 2.05) is 36.1 Å². The third-order valence-electron chi connectivity index (χ3n) is 4.08. The Bertz CT molecular complexity index is 470. The molecule has 1 N–H and O–H groups in total. The molecule has 1 fully saturated rings. The SMILES string of the molecule is CCNCC1CCN(C(=O)C(C)Oc2ccc(Br)cc2)CC1. The molecule has 5 heteroatoms. The van der Waals surface area contributed by atoms with Gasteiger partial charge >= 0.3 is 0 Å². The normalized spacial score (nSPS) is 17.3. The lowest BCUT2D eigenvalue weighted by molar-refractivity contribution is -0.139. The number of carbonyl (C=O) groups is 1. The van der Waals surface area contributed by atoms with Crippen LogP contribution in [0.2, 0.25) is 0 Å². The molecular formula is C17H25BrN2O2. The van der Waals surface area contributed by atoms with Crippen molar-refractivity contribution in [2.45, 2.75) is 32.8 Å². The van der Waals surface area contributed by atoms with Crippen molar-refractivity contribution < 1.29 is 9.53 Å². The Kier molecular flexibility index (Phi) is 6.70. The van der Waals surface area contributed by atoms with Gasteiger partial charge in [-0.3, -0.25) is 4.79 Å². The molecule has 0 aliphatic carbocycles. The van der Waals surface area contributed by atoms with E-state index < -0.39 is 6.10 Å². The minimum Gasteiger partial charge on any atom is -0.481 e. The zero-order chi connectivity index (χ0) is 15.9. The van der Waals surface area contributed by atoms with E-state index in [2.05, 4.69) is 28.2 Å². The summed E-state index contributed by atoms with van der Waals surface area (Å²) >= 11 is 3.39. The molecule has 1 unspecified atom stereocenters. The number of hydrogen-bond donors (Lipinski definition) is 1. The van der Waals surface area contributed by atoms with Gasteiger partial charge in [0.25, 0.3) is 5.91 Å². The molecule has 1 heterocycles. The van der Waals surface area contributed by atoms with Gasteiger partial charge in [0.2, 0.25) is 0 Å². The highest BCUT2D eigenvalue weighted by Crippen LogP contribution is 2.20. The van der Waals surface area contributed by atoms with Gasteiger partial charge in [-0.25, -0.2) is 0 Å². The molecule has 0 saturated carbocycles. The molecule has 4 nitrogen and oxygen atoms in total. The second-order valence-electron chi connectivity index (χ2n) is 5.79. The second-order valence-corrected chi connectivity index (χ2v) is 6.71. The number of nitrogens with one attached hydrogen (secondary N) is 1. The van der Waals surface area contributed by atoms with Crippen LogP contribution in [0.1, 0.15) is 26.7 Å². The van der Waals surface area contributed by atoms with Gasteiger partial charge in [0.1, 0.15) is 5.75 Å². The van der Waals surface area contributed by atoms with Gasteiger partial charge in [0.05, 0.1) is 0 Å². The Hall–Kier alpha value is -1.07. The topological polar surface area (TPSA) is 41.6 Å². The number of carbonyl (C=O) groups excluding carboxylic acids is 1. The van der Waals surface area contributed by atoms with Gasteiger partial charge in [0, 0.05) is 17.6 Å². The minimum absolute atomic E-state index is 0.0878. The van der Waals surface area contributed by atoms with Crippen LogP contribution in [0.4, 0.5) is 0 Å². The summed E-state index contributed by atoms with van der Waals surface area (Å²) in [5, 5.41) is 3.39. The molecule has 1 atom stereocenters. The van der Waals surface area contributed by atoms with E-state index in [1.165, 1.54) is 0 Å². The first-order valence-electron chi connectivity index (χ1n) is 8.02. The average molecular weight is 369 g/mol. The molecule has 22 heavy (non-hydrogen) atoms. The molecule has 0 aromatic heterocycles. The number of benzene rings is 1. The van der Waals surface area contributed by atoms with Crippen LogP contribution in [-0.4, -0.2) is 43.1 Å². The maximum Gasteiger partial charge on any atom is 0.263 e. The summed E-state index contributed by atoms with van der Waals surface area (Å²) in [6, 6.07) is 7.57. The third kappa shape index (κ3) is 4.99. The first-order valence-corrected chi connectivity index (χ1v) is 8.81. The van der Waals surface area contributed by atoms with Crippen LogP contribution in [0.25, 0.3) is 0 Å². The molecular weight excluding hydrogens is 344 g/mol. The van der Waals surface area contributed by atoms with E-state index in [0.717, 1.165) is 49.2 Å². The fraction of sp³-hybridized carbons (Fsp3) is 0.588. The van der Waals surface area contributed by atoms with E-state index in [1.54, 1.807) is 0 Å². The number of likely N-dealkylation sites (tertiary alicyclic amines) is 1. The summed E-state index contributed by atoms with van der Waals surface area (Å²) in [7, 11) is 0. The number of nitrogens with zero attached hydrogens (tertiary/aromatic N) is 1. The summed E-state index contributed by atoms with van der Waals surface area (Å²) in [5.41, 5.74) is 0. The van der Waals surface area contributed by atoms with Crippen molar-refractivity contribution >= 4 is 21.8 Å². The maximum atomic E-state index is 12.5. The van der Waals surface area contributed by atoms with E-state index in [4.69, 9.17) is 4.74 Å². The summed E-state index contributed by atoms with van der Waals surface area (Å²) < 4.78 is 6.75. The van der Waals surface area contributed by atoms with Crippen LogP contribution in [0.15, 0.2) is 28.7 Å². The highest BCUT2D eigenvalue weighted by molar-refractivity contribution is 9.10. The van der Waals surface area contributed by atoms with Gasteiger partial charge in [-0.15, -0.1) is 0 Å². The Balaban J connectivity index is 1.80. The lowest BCUT2D eigenvalue weighted by Crippen LogP contribution is -2.45. The van der Waals surface area contributed by atoms with Gasteiger partial charge in [-0.2, -0.15) is 0 Å². The number of piperidine rings is 1. The third-order valence-corrected chi connectivity index (χ3v) is 4.61. The summed E-state index contributed by atoms with van der Waals surface area (Å²) in [4.78, 5) is 14.4. The molecule has 122 valence electrons. The molecule has 0 bridgehead atoms. The van der Waals surface area contributed by atoms with Gasteiger partial charge in [-0.1, -0.05) is 22.9 Å². The molecule has 1 aliphatic heterocycles. The molecule has 1 aromatic carbocycles. The van der Waals surface area contributed by atoms with Crippen molar-refractivity contribution in [3.8, 4) is 5.75 Å². The largest absolute Gasteiger partial charge is 0.481 e. The van der Waals surface area contributed by atoms with Crippen LogP contribution in [0, 0.1) is 5.92 Å². The predicted molar refractivity (Wildman–Crippen MR) is 92.1 cm³/mol. The second kappa shape index (κ2) is 8.53. The summed E-state index contributed by atoms with van der Waals surface area (Å²) in [6.45, 7) is 7.70. The first kappa shape index (κ1) is 17.3. The van der Waals surface area contributed by atoms with E-state index >= 15 is 0 Å². The molecule has 0 radical (unpaired) electrons. The van der Waals surface area contributed by atoms with Gasteiger partial charge in [-0.05, 0) is 63.0 Å². The maximum absolute atomic E-state index is 12.5. The number of rotatable bonds is 6. The Labute approximate surface area is 141 Å². The highest BCUT2D eigenvalue weighted by atomic mass is 79.9. The van der Waals surface area contributed by atoms with Crippen molar-refractivity contribution in [3.05, 3.63) is 28.7 Å². The molecule has 2 rings (SSSR count). The fourth-order valence-corrected chi connectivity index (χ4v) is 3.00. The minimum atomic E-state index is -0.438. The molecule has 1 amide bonds. The quantitative estimate of drug-likeness (QED) is 0.838. The average Bonchev–Trinajstić information content (AvgIpc) is 2.55. The van der Waals surface area contributed by atoms with E-state index in [-0.39, 0.29) is 5.91 Å². The molecule has 1 saturated heterocycles. The van der Waals surface area contributed by atoms with Crippen molar-refractivity contribution in [2.24, 2.45) is 5.92 Å². The van der Waals surface area contributed by atoms with Crippen molar-refractivity contribution in [1.29, 1.82) is 0 Å². The van der Waals surface area contributed by atoms with Crippen molar-refractivity contribution in [2.75, 3.05) is 26.2 Å². The fourth-order valence-electron chi connectivity index (χ4n) is 2.73. The van der Waals surface area contributed by atoms with Crippen LogP contribution in [0.3, 0.4) is 0 Å². The van der Waals surface area contributed by atoms with Crippen LogP contribution >= 0.6 is 15.9 Å². The summed E-state index contributed by atoms with van der Waals surface area (Å²) in [6.07, 6.45) is 1.71. The first-order chi connectivity index (χ1) is 10.6. The molecule has 0 spiro atoms. The van der Waals surface area contributed by atoms with E-state index in [9.17, 15) is 4.79 Å². The molecule has 1 aliphatic rings. The van der Waals surface area contributed by atoms with Crippen LogP contribution in [0.5, 0.6) is 5.75 Å². The Morgan fingerprint density at radius 1 is 1.36 bits per heavy atom. The zero-order valence-electron chi connectivity index (χ0n) is 13.3. The number of hydrogen-bond acceptors (Lipinski definition) is 3. The van der Waals surface area contributed by atoms with Crippen molar-refractivity contribution in [1.82, 2.24) is 10.2 Å². The number of ether oxygens (including phenoxy) is 1. The van der Waals surface area contributed by atoms with Crippen LogP contribution in [-0.2, 0) is 4.79 Å². The Morgan fingerprint density at radius 2 is 2.00 bits per heavy atom. The smallest absolute Gasteiger partial charge is 0.263 e. The van der Waals surface area contributed by atoms with Gasteiger partial charge < -0.3 is 15.0 Å². The summed E-state index contributed by atoms with van der Waals surface area (Å²) in [5.74, 6) is 1.50. The lowest BCUT2D eigenvalue weighted by Gasteiger charge is -2.33. The highest BCUT2D eigenvalue weighted by Gasteiger charge is 2.26. The van der Waals surface area contributed by atoms with Gasteiger partial charge in [0.15, 0.2) is 6.10 Å². The van der Waals surface area contributed by atoms with Crippen molar-refractivity contribution in [3.63, 3.8) is 0 Å². The van der Waals surface area contributed by atoms with Crippen LogP contribution < -0.4 is 10.1 Å².